The average Bonchev–Trinajstić information content (AvgIpc) is 2.63. The normalized spacial score (nSPS) is 10.1. The Morgan fingerprint density at radius 3 is 1.91 bits per heavy atom. The van der Waals surface area contributed by atoms with Gasteiger partial charge in [-0.05, 0) is 66.2 Å². The van der Waals surface area contributed by atoms with Gasteiger partial charge in [-0.1, -0.05) is 0 Å². The molecule has 0 saturated carbocycles. The van der Waals surface area contributed by atoms with Crippen LogP contribution in [0, 0.1) is 0 Å². The molecule has 1 heterocycles. The molecule has 116 valence electrons. The number of benzene rings is 2. The number of nitrogens with one attached hydrogen (secondary N) is 1. The van der Waals surface area contributed by atoms with Gasteiger partial charge in [0.25, 0.3) is 0 Å². The lowest BCUT2D eigenvalue weighted by Gasteiger charge is -2.09. The SMILES string of the molecule is COc1ccc(Nc2ccc(OCc3ccncc3)cc2)cc1. The van der Waals surface area contributed by atoms with Crippen molar-refractivity contribution in [1.29, 1.82) is 0 Å². The summed E-state index contributed by atoms with van der Waals surface area (Å²) in [6.45, 7) is 0.535. The molecule has 23 heavy (non-hydrogen) atoms. The molecule has 0 atom stereocenters. The summed E-state index contributed by atoms with van der Waals surface area (Å²) in [5, 5.41) is 3.34. The first-order chi connectivity index (χ1) is 11.3. The van der Waals surface area contributed by atoms with Crippen molar-refractivity contribution < 1.29 is 9.47 Å². The standard InChI is InChI=1S/C19H18N2O2/c1-22-18-6-2-16(3-7-18)21-17-4-8-19(9-5-17)23-14-15-10-12-20-13-11-15/h2-13,21H,14H2,1H3. The number of anilines is 2. The van der Waals surface area contributed by atoms with Crippen LogP contribution in [-0.2, 0) is 6.61 Å². The Labute approximate surface area is 135 Å². The van der Waals surface area contributed by atoms with Crippen LogP contribution in [-0.4, -0.2) is 12.1 Å². The Balaban J connectivity index is 1.58. The fraction of sp³-hybridized carbons (Fsp3) is 0.105. The lowest BCUT2D eigenvalue weighted by Crippen LogP contribution is -1.96. The van der Waals surface area contributed by atoms with E-state index < -0.39 is 0 Å². The average molecular weight is 306 g/mol. The molecule has 0 aliphatic rings. The predicted molar refractivity (Wildman–Crippen MR) is 91.3 cm³/mol. The molecule has 0 unspecified atom stereocenters. The summed E-state index contributed by atoms with van der Waals surface area (Å²) in [5.41, 5.74) is 3.11. The fourth-order valence-corrected chi connectivity index (χ4v) is 2.12. The van der Waals surface area contributed by atoms with E-state index in [1.54, 1.807) is 19.5 Å². The number of ether oxygens (including phenoxy) is 2. The summed E-state index contributed by atoms with van der Waals surface area (Å²) >= 11 is 0. The molecule has 2 aromatic carbocycles. The molecule has 4 nitrogen and oxygen atoms in total. The van der Waals surface area contributed by atoms with Crippen LogP contribution in [0.25, 0.3) is 0 Å². The maximum absolute atomic E-state index is 5.76. The second-order valence-electron chi connectivity index (χ2n) is 5.02. The summed E-state index contributed by atoms with van der Waals surface area (Å²) in [5.74, 6) is 1.68. The van der Waals surface area contributed by atoms with Crippen LogP contribution in [0.5, 0.6) is 11.5 Å². The van der Waals surface area contributed by atoms with Crippen molar-refractivity contribution in [3.8, 4) is 11.5 Å². The Kier molecular flexibility index (Phi) is 4.74. The van der Waals surface area contributed by atoms with Crippen molar-refractivity contribution in [2.75, 3.05) is 12.4 Å². The minimum atomic E-state index is 0.535. The summed E-state index contributed by atoms with van der Waals surface area (Å²) in [6, 6.07) is 19.6. The second-order valence-corrected chi connectivity index (χ2v) is 5.02. The van der Waals surface area contributed by atoms with Gasteiger partial charge in [-0.2, -0.15) is 0 Å². The minimum absolute atomic E-state index is 0.535. The molecule has 0 amide bonds. The molecule has 1 N–H and O–H groups in total. The zero-order valence-electron chi connectivity index (χ0n) is 12.9. The van der Waals surface area contributed by atoms with E-state index in [9.17, 15) is 0 Å². The molecular formula is C19H18N2O2. The molecule has 4 heteroatoms. The highest BCUT2D eigenvalue weighted by Crippen LogP contribution is 2.22. The smallest absolute Gasteiger partial charge is 0.119 e. The fourth-order valence-electron chi connectivity index (χ4n) is 2.12. The Morgan fingerprint density at radius 2 is 1.35 bits per heavy atom. The van der Waals surface area contributed by atoms with E-state index in [1.807, 2.05) is 60.7 Å². The third-order valence-corrected chi connectivity index (χ3v) is 3.39. The van der Waals surface area contributed by atoms with Crippen LogP contribution >= 0.6 is 0 Å². The lowest BCUT2D eigenvalue weighted by atomic mass is 10.2. The highest BCUT2D eigenvalue weighted by atomic mass is 16.5. The molecule has 0 spiro atoms. The highest BCUT2D eigenvalue weighted by Gasteiger charge is 1.99. The lowest BCUT2D eigenvalue weighted by molar-refractivity contribution is 0.306. The third-order valence-electron chi connectivity index (χ3n) is 3.39. The Morgan fingerprint density at radius 1 is 0.783 bits per heavy atom. The van der Waals surface area contributed by atoms with Crippen LogP contribution in [0.3, 0.4) is 0 Å². The zero-order valence-corrected chi connectivity index (χ0v) is 12.9. The largest absolute Gasteiger partial charge is 0.497 e. The summed E-state index contributed by atoms with van der Waals surface area (Å²) in [4.78, 5) is 3.99. The van der Waals surface area contributed by atoms with Crippen molar-refractivity contribution in [1.82, 2.24) is 4.98 Å². The summed E-state index contributed by atoms with van der Waals surface area (Å²) < 4.78 is 10.9. The number of hydrogen-bond acceptors (Lipinski definition) is 4. The molecule has 0 radical (unpaired) electrons. The van der Waals surface area contributed by atoms with Crippen molar-refractivity contribution in [2.45, 2.75) is 6.61 Å². The first kappa shape index (κ1) is 14.9. The van der Waals surface area contributed by atoms with E-state index >= 15 is 0 Å². The molecule has 3 aromatic rings. The van der Waals surface area contributed by atoms with Gasteiger partial charge in [0.05, 0.1) is 7.11 Å². The highest BCUT2D eigenvalue weighted by molar-refractivity contribution is 5.60. The van der Waals surface area contributed by atoms with Gasteiger partial charge in [0.2, 0.25) is 0 Å². The first-order valence-corrected chi connectivity index (χ1v) is 7.36. The van der Waals surface area contributed by atoms with E-state index in [4.69, 9.17) is 9.47 Å². The first-order valence-electron chi connectivity index (χ1n) is 7.36. The van der Waals surface area contributed by atoms with Crippen molar-refractivity contribution in [2.24, 2.45) is 0 Å². The minimum Gasteiger partial charge on any atom is -0.497 e. The van der Waals surface area contributed by atoms with Gasteiger partial charge in [-0.15, -0.1) is 0 Å². The molecule has 0 bridgehead atoms. The zero-order chi connectivity index (χ0) is 15.9. The molecular weight excluding hydrogens is 288 g/mol. The van der Waals surface area contributed by atoms with Crippen LogP contribution in [0.1, 0.15) is 5.56 Å². The van der Waals surface area contributed by atoms with Crippen LogP contribution in [0.15, 0.2) is 73.1 Å². The van der Waals surface area contributed by atoms with Crippen LogP contribution in [0.4, 0.5) is 11.4 Å². The Bertz CT molecular complexity index is 726. The topological polar surface area (TPSA) is 43.4 Å². The molecule has 1 aromatic heterocycles. The second kappa shape index (κ2) is 7.31. The van der Waals surface area contributed by atoms with Crippen molar-refractivity contribution in [3.05, 3.63) is 78.6 Å². The Hall–Kier alpha value is -3.01. The number of methoxy groups -OCH3 is 1. The van der Waals surface area contributed by atoms with Gasteiger partial charge >= 0.3 is 0 Å². The van der Waals surface area contributed by atoms with E-state index in [2.05, 4.69) is 10.3 Å². The van der Waals surface area contributed by atoms with Gasteiger partial charge in [-0.25, -0.2) is 0 Å². The predicted octanol–water partition coefficient (Wildman–Crippen LogP) is 4.41. The third kappa shape index (κ3) is 4.23. The van der Waals surface area contributed by atoms with E-state index in [1.165, 1.54) is 0 Å². The van der Waals surface area contributed by atoms with Gasteiger partial charge in [-0.3, -0.25) is 4.98 Å². The van der Waals surface area contributed by atoms with Crippen molar-refractivity contribution >= 4 is 11.4 Å². The summed E-state index contributed by atoms with van der Waals surface area (Å²) in [7, 11) is 1.66. The summed E-state index contributed by atoms with van der Waals surface area (Å²) in [6.07, 6.45) is 3.53. The number of pyridine rings is 1. The van der Waals surface area contributed by atoms with Gasteiger partial charge in [0, 0.05) is 23.8 Å². The number of rotatable bonds is 6. The molecule has 0 fully saturated rings. The number of hydrogen-bond donors (Lipinski definition) is 1. The molecule has 0 aliphatic heterocycles. The molecule has 0 saturated heterocycles. The number of nitrogens with zero attached hydrogens (tertiary/aromatic N) is 1. The maximum atomic E-state index is 5.76. The van der Waals surface area contributed by atoms with Gasteiger partial charge in [0.15, 0.2) is 0 Å². The molecule has 0 aliphatic carbocycles. The maximum Gasteiger partial charge on any atom is 0.119 e. The van der Waals surface area contributed by atoms with Gasteiger partial charge < -0.3 is 14.8 Å². The van der Waals surface area contributed by atoms with Gasteiger partial charge in [0.1, 0.15) is 18.1 Å². The van der Waals surface area contributed by atoms with Crippen LogP contribution in [0.2, 0.25) is 0 Å². The quantitative estimate of drug-likeness (QED) is 0.732. The van der Waals surface area contributed by atoms with E-state index in [0.717, 1.165) is 28.4 Å². The van der Waals surface area contributed by atoms with E-state index in [-0.39, 0.29) is 0 Å². The number of aromatic nitrogens is 1. The molecule has 3 rings (SSSR count). The van der Waals surface area contributed by atoms with Crippen molar-refractivity contribution in [3.63, 3.8) is 0 Å². The monoisotopic (exact) mass is 306 g/mol. The van der Waals surface area contributed by atoms with E-state index in [0.29, 0.717) is 6.61 Å². The van der Waals surface area contributed by atoms with Crippen LogP contribution < -0.4 is 14.8 Å².